The molecule has 0 bridgehead atoms. The van der Waals surface area contributed by atoms with Crippen molar-refractivity contribution in [3.05, 3.63) is 70.2 Å². The molecule has 4 rings (SSSR count). The van der Waals surface area contributed by atoms with Gasteiger partial charge in [-0.15, -0.1) is 0 Å². The normalized spacial score (nSPS) is 22.2. The van der Waals surface area contributed by atoms with Crippen LogP contribution in [0.25, 0.3) is 0 Å². The van der Waals surface area contributed by atoms with Crippen molar-refractivity contribution in [3.8, 4) is 0 Å². The summed E-state index contributed by atoms with van der Waals surface area (Å²) in [6.45, 7) is 7.09. The standard InChI is InChI=1S/C23H27ClN2O/c1-23(2,26-12-11-16-7-3-4-8-17(16)14-26)15-25-22(27)20-13-19(20)18-9-5-6-10-21(18)24/h3-10,19-20H,11-15H2,1-2H3,(H,25,27). The topological polar surface area (TPSA) is 32.3 Å². The van der Waals surface area contributed by atoms with E-state index in [1.165, 1.54) is 11.1 Å². The van der Waals surface area contributed by atoms with Crippen LogP contribution in [0, 0.1) is 5.92 Å². The van der Waals surface area contributed by atoms with E-state index in [9.17, 15) is 4.79 Å². The quantitative estimate of drug-likeness (QED) is 0.831. The second kappa shape index (κ2) is 7.29. The molecule has 1 heterocycles. The highest BCUT2D eigenvalue weighted by Crippen LogP contribution is 2.49. The highest BCUT2D eigenvalue weighted by Gasteiger charge is 2.45. The van der Waals surface area contributed by atoms with Crippen LogP contribution in [0.3, 0.4) is 0 Å². The van der Waals surface area contributed by atoms with Crippen LogP contribution < -0.4 is 5.32 Å². The van der Waals surface area contributed by atoms with Crippen molar-refractivity contribution in [1.82, 2.24) is 10.2 Å². The van der Waals surface area contributed by atoms with Crippen LogP contribution in [0.2, 0.25) is 5.02 Å². The second-order valence-electron chi connectivity index (χ2n) is 8.44. The molecule has 142 valence electrons. The maximum Gasteiger partial charge on any atom is 0.223 e. The van der Waals surface area contributed by atoms with E-state index in [1.807, 2.05) is 24.3 Å². The smallest absolute Gasteiger partial charge is 0.223 e. The molecule has 1 N–H and O–H groups in total. The van der Waals surface area contributed by atoms with Gasteiger partial charge in [-0.1, -0.05) is 54.1 Å². The van der Waals surface area contributed by atoms with Crippen molar-refractivity contribution in [1.29, 1.82) is 0 Å². The third-order valence-electron chi connectivity index (χ3n) is 6.11. The largest absolute Gasteiger partial charge is 0.354 e. The third-order valence-corrected chi connectivity index (χ3v) is 6.46. The summed E-state index contributed by atoms with van der Waals surface area (Å²) in [5.74, 6) is 0.483. The number of fused-ring (bicyclic) bond motifs is 1. The molecule has 2 unspecified atom stereocenters. The number of nitrogens with zero attached hydrogens (tertiary/aromatic N) is 1. The zero-order chi connectivity index (χ0) is 19.0. The SMILES string of the molecule is CC(C)(CNC(=O)C1CC1c1ccccc1Cl)N1CCc2ccccc2C1. The summed E-state index contributed by atoms with van der Waals surface area (Å²) in [5, 5.41) is 3.97. The lowest BCUT2D eigenvalue weighted by Crippen LogP contribution is -2.53. The third kappa shape index (κ3) is 3.90. The molecule has 2 aliphatic rings. The van der Waals surface area contributed by atoms with Gasteiger partial charge >= 0.3 is 0 Å². The van der Waals surface area contributed by atoms with Gasteiger partial charge in [0.1, 0.15) is 0 Å². The Hall–Kier alpha value is -1.84. The van der Waals surface area contributed by atoms with Gasteiger partial charge < -0.3 is 5.32 Å². The Morgan fingerprint density at radius 3 is 2.63 bits per heavy atom. The minimum Gasteiger partial charge on any atom is -0.354 e. The molecule has 4 heteroatoms. The number of carbonyl (C=O) groups excluding carboxylic acids is 1. The average Bonchev–Trinajstić information content (AvgIpc) is 3.47. The van der Waals surface area contributed by atoms with Crippen molar-refractivity contribution < 1.29 is 4.79 Å². The van der Waals surface area contributed by atoms with Crippen molar-refractivity contribution in [2.45, 2.75) is 44.7 Å². The van der Waals surface area contributed by atoms with Gasteiger partial charge in [0.15, 0.2) is 0 Å². The molecule has 1 fully saturated rings. The van der Waals surface area contributed by atoms with Crippen molar-refractivity contribution >= 4 is 17.5 Å². The molecule has 2 aromatic rings. The Labute approximate surface area is 166 Å². The minimum atomic E-state index is -0.0715. The number of nitrogens with one attached hydrogen (secondary N) is 1. The molecule has 3 nitrogen and oxygen atoms in total. The van der Waals surface area contributed by atoms with Gasteiger partial charge in [0.25, 0.3) is 0 Å². The van der Waals surface area contributed by atoms with E-state index in [4.69, 9.17) is 11.6 Å². The molecular weight excluding hydrogens is 356 g/mol. The summed E-state index contributed by atoms with van der Waals surface area (Å²) in [5.41, 5.74) is 3.89. The number of carbonyl (C=O) groups is 1. The van der Waals surface area contributed by atoms with Crippen LogP contribution >= 0.6 is 11.6 Å². The van der Waals surface area contributed by atoms with Crippen LogP contribution in [0.5, 0.6) is 0 Å². The van der Waals surface area contributed by atoms with E-state index in [2.05, 4.69) is 48.3 Å². The Balaban J connectivity index is 1.33. The molecule has 0 radical (unpaired) electrons. The number of rotatable bonds is 5. The summed E-state index contributed by atoms with van der Waals surface area (Å²) in [6, 6.07) is 16.5. The Morgan fingerprint density at radius 2 is 1.85 bits per heavy atom. The number of halogens is 1. The van der Waals surface area contributed by atoms with Gasteiger partial charge in [-0.25, -0.2) is 0 Å². The Kier molecular flexibility index (Phi) is 5.00. The minimum absolute atomic E-state index is 0.0581. The number of benzene rings is 2. The lowest BCUT2D eigenvalue weighted by Gasteiger charge is -2.41. The maximum atomic E-state index is 12.7. The Morgan fingerprint density at radius 1 is 1.15 bits per heavy atom. The average molecular weight is 383 g/mol. The van der Waals surface area contributed by atoms with E-state index in [0.29, 0.717) is 6.54 Å². The molecule has 1 saturated carbocycles. The fraction of sp³-hybridized carbons (Fsp3) is 0.435. The molecule has 27 heavy (non-hydrogen) atoms. The van der Waals surface area contributed by atoms with Gasteiger partial charge in [-0.2, -0.15) is 0 Å². The predicted molar refractivity (Wildman–Crippen MR) is 110 cm³/mol. The lowest BCUT2D eigenvalue weighted by atomic mass is 9.94. The summed E-state index contributed by atoms with van der Waals surface area (Å²) < 4.78 is 0. The van der Waals surface area contributed by atoms with Gasteiger partial charge in [-0.3, -0.25) is 9.69 Å². The fourth-order valence-electron chi connectivity index (χ4n) is 4.16. The first kappa shape index (κ1) is 18.5. The van der Waals surface area contributed by atoms with Crippen LogP contribution in [-0.4, -0.2) is 29.4 Å². The fourth-order valence-corrected chi connectivity index (χ4v) is 4.44. The van der Waals surface area contributed by atoms with Crippen molar-refractivity contribution in [3.63, 3.8) is 0 Å². The molecule has 0 saturated heterocycles. The summed E-state index contributed by atoms with van der Waals surface area (Å²) in [6.07, 6.45) is 1.97. The van der Waals surface area contributed by atoms with Gasteiger partial charge in [0.05, 0.1) is 0 Å². The van der Waals surface area contributed by atoms with Gasteiger partial charge in [0.2, 0.25) is 5.91 Å². The highest BCUT2D eigenvalue weighted by atomic mass is 35.5. The van der Waals surface area contributed by atoms with Crippen LogP contribution in [-0.2, 0) is 17.8 Å². The van der Waals surface area contributed by atoms with E-state index >= 15 is 0 Å². The van der Waals surface area contributed by atoms with Crippen LogP contribution in [0.1, 0.15) is 42.9 Å². The Bertz CT molecular complexity index is 848. The number of amides is 1. The maximum absolute atomic E-state index is 12.7. The van der Waals surface area contributed by atoms with Gasteiger partial charge in [-0.05, 0) is 55.4 Å². The van der Waals surface area contributed by atoms with E-state index in [0.717, 1.165) is 36.5 Å². The van der Waals surface area contributed by atoms with Gasteiger partial charge in [0, 0.05) is 36.1 Å². The second-order valence-corrected chi connectivity index (χ2v) is 8.85. The van der Waals surface area contributed by atoms with Crippen LogP contribution in [0.15, 0.2) is 48.5 Å². The number of hydrogen-bond donors (Lipinski definition) is 1. The summed E-state index contributed by atoms with van der Waals surface area (Å²) in [4.78, 5) is 15.1. The van der Waals surface area contributed by atoms with E-state index in [-0.39, 0.29) is 23.3 Å². The highest BCUT2D eigenvalue weighted by molar-refractivity contribution is 6.31. The van der Waals surface area contributed by atoms with Crippen molar-refractivity contribution in [2.75, 3.05) is 13.1 Å². The lowest BCUT2D eigenvalue weighted by molar-refractivity contribution is -0.123. The summed E-state index contributed by atoms with van der Waals surface area (Å²) in [7, 11) is 0. The molecule has 1 aliphatic heterocycles. The monoisotopic (exact) mass is 382 g/mol. The summed E-state index contributed by atoms with van der Waals surface area (Å²) >= 11 is 6.28. The van der Waals surface area contributed by atoms with Crippen molar-refractivity contribution in [2.24, 2.45) is 5.92 Å². The van der Waals surface area contributed by atoms with E-state index in [1.54, 1.807) is 0 Å². The molecule has 0 aromatic heterocycles. The molecule has 2 aromatic carbocycles. The first-order chi connectivity index (χ1) is 13.0. The molecule has 1 aliphatic carbocycles. The molecule has 1 amide bonds. The zero-order valence-electron chi connectivity index (χ0n) is 16.0. The van der Waals surface area contributed by atoms with Crippen LogP contribution in [0.4, 0.5) is 0 Å². The zero-order valence-corrected chi connectivity index (χ0v) is 16.8. The van der Waals surface area contributed by atoms with E-state index < -0.39 is 0 Å². The number of hydrogen-bond acceptors (Lipinski definition) is 2. The predicted octanol–water partition coefficient (Wildman–Crippen LogP) is 4.40. The molecule has 2 atom stereocenters. The molecular formula is C23H27ClN2O. The first-order valence-corrected chi connectivity index (χ1v) is 10.2. The molecule has 0 spiro atoms. The first-order valence-electron chi connectivity index (χ1n) is 9.80.